The summed E-state index contributed by atoms with van der Waals surface area (Å²) in [6, 6.07) is 10.4. The first kappa shape index (κ1) is 9.48. The number of hydrogen-bond donors (Lipinski definition) is 0. The van der Waals surface area contributed by atoms with Crippen molar-refractivity contribution in [1.29, 1.82) is 0 Å². The van der Waals surface area contributed by atoms with Gasteiger partial charge in [-0.25, -0.2) is 0 Å². The summed E-state index contributed by atoms with van der Waals surface area (Å²) in [5.41, 5.74) is 1.29. The van der Waals surface area contributed by atoms with Gasteiger partial charge in [-0.05, 0) is 11.5 Å². The van der Waals surface area contributed by atoms with Gasteiger partial charge in [0.15, 0.2) is 0 Å². The highest BCUT2D eigenvalue weighted by Crippen LogP contribution is 2.23. The Balaban J connectivity index is 2.80. The SMILES string of the molecule is CC(C)C(O[SiH3])c1ccccc1. The normalized spacial score (nSPS) is 13.6. The third-order valence-electron chi connectivity index (χ3n) is 1.99. The summed E-state index contributed by atoms with van der Waals surface area (Å²) >= 11 is 0. The minimum absolute atomic E-state index is 0.290. The van der Waals surface area contributed by atoms with Gasteiger partial charge in [0.05, 0.1) is 6.10 Å². The average Bonchev–Trinajstić information content (AvgIpc) is 2.07. The first-order chi connectivity index (χ1) is 5.75. The zero-order chi connectivity index (χ0) is 8.97. The molecule has 0 bridgehead atoms. The van der Waals surface area contributed by atoms with Crippen molar-refractivity contribution in [3.8, 4) is 0 Å². The average molecular weight is 180 g/mol. The van der Waals surface area contributed by atoms with Crippen LogP contribution in [0.5, 0.6) is 0 Å². The summed E-state index contributed by atoms with van der Waals surface area (Å²) < 4.78 is 5.54. The van der Waals surface area contributed by atoms with E-state index in [1.165, 1.54) is 5.56 Å². The summed E-state index contributed by atoms with van der Waals surface area (Å²) in [4.78, 5) is 0. The molecule has 0 spiro atoms. The van der Waals surface area contributed by atoms with E-state index in [0.29, 0.717) is 5.92 Å². The molecule has 66 valence electrons. The lowest BCUT2D eigenvalue weighted by molar-refractivity contribution is 0.169. The lowest BCUT2D eigenvalue weighted by Crippen LogP contribution is -2.09. The molecule has 2 heteroatoms. The summed E-state index contributed by atoms with van der Waals surface area (Å²) in [5, 5.41) is 0. The van der Waals surface area contributed by atoms with Gasteiger partial charge < -0.3 is 4.43 Å². The summed E-state index contributed by atoms with van der Waals surface area (Å²) in [7, 11) is 0.805. The second kappa shape index (κ2) is 4.43. The quantitative estimate of drug-likeness (QED) is 0.643. The molecular weight excluding hydrogens is 164 g/mol. The maximum absolute atomic E-state index is 5.54. The molecule has 1 unspecified atom stereocenters. The molecule has 0 aliphatic heterocycles. The van der Waals surface area contributed by atoms with Gasteiger partial charge >= 0.3 is 0 Å². The van der Waals surface area contributed by atoms with Crippen LogP contribution in [0, 0.1) is 5.92 Å². The predicted molar refractivity (Wildman–Crippen MR) is 55.0 cm³/mol. The molecule has 0 fully saturated rings. The fourth-order valence-electron chi connectivity index (χ4n) is 1.44. The van der Waals surface area contributed by atoms with Crippen LogP contribution in [-0.4, -0.2) is 10.5 Å². The summed E-state index contributed by atoms with van der Waals surface area (Å²) in [6.45, 7) is 4.38. The topological polar surface area (TPSA) is 9.23 Å². The monoisotopic (exact) mass is 180 g/mol. The van der Waals surface area contributed by atoms with Crippen LogP contribution < -0.4 is 0 Å². The molecule has 1 aromatic carbocycles. The minimum Gasteiger partial charge on any atom is -0.421 e. The predicted octanol–water partition coefficient (Wildman–Crippen LogP) is 1.68. The van der Waals surface area contributed by atoms with E-state index >= 15 is 0 Å². The molecule has 0 amide bonds. The van der Waals surface area contributed by atoms with Gasteiger partial charge in [0, 0.05) is 0 Å². The zero-order valence-corrected chi connectivity index (χ0v) is 9.95. The van der Waals surface area contributed by atoms with Crippen molar-refractivity contribution in [3.63, 3.8) is 0 Å². The first-order valence-corrected chi connectivity index (χ1v) is 5.15. The molecule has 0 saturated carbocycles. The molecule has 0 aliphatic rings. The molecule has 0 radical (unpaired) electrons. The third-order valence-corrected chi connectivity index (χ3v) is 2.50. The zero-order valence-electron chi connectivity index (χ0n) is 7.95. The van der Waals surface area contributed by atoms with Gasteiger partial charge in [-0.3, -0.25) is 0 Å². The van der Waals surface area contributed by atoms with Crippen LogP contribution in [0.1, 0.15) is 25.5 Å². The highest BCUT2D eigenvalue weighted by Gasteiger charge is 2.12. The number of benzene rings is 1. The van der Waals surface area contributed by atoms with Gasteiger partial charge in [-0.15, -0.1) is 0 Å². The van der Waals surface area contributed by atoms with Crippen molar-refractivity contribution in [2.24, 2.45) is 5.92 Å². The second-order valence-electron chi connectivity index (χ2n) is 3.31. The second-order valence-corrected chi connectivity index (χ2v) is 3.78. The lowest BCUT2D eigenvalue weighted by Gasteiger charge is -2.19. The van der Waals surface area contributed by atoms with Crippen LogP contribution in [0.3, 0.4) is 0 Å². The largest absolute Gasteiger partial charge is 0.421 e. The maximum Gasteiger partial charge on any atom is 0.146 e. The molecule has 1 aromatic rings. The van der Waals surface area contributed by atoms with Crippen LogP contribution in [0.25, 0.3) is 0 Å². The van der Waals surface area contributed by atoms with E-state index in [4.69, 9.17) is 4.43 Å². The number of rotatable bonds is 3. The smallest absolute Gasteiger partial charge is 0.146 e. The molecule has 1 atom stereocenters. The molecule has 12 heavy (non-hydrogen) atoms. The van der Waals surface area contributed by atoms with Crippen LogP contribution in [0.15, 0.2) is 30.3 Å². The Kier molecular flexibility index (Phi) is 3.50. The van der Waals surface area contributed by atoms with Crippen LogP contribution in [0.4, 0.5) is 0 Å². The van der Waals surface area contributed by atoms with Gasteiger partial charge in [0.1, 0.15) is 10.5 Å². The van der Waals surface area contributed by atoms with Crippen LogP contribution >= 0.6 is 0 Å². The van der Waals surface area contributed by atoms with E-state index in [-0.39, 0.29) is 6.10 Å². The van der Waals surface area contributed by atoms with Gasteiger partial charge in [0.25, 0.3) is 0 Å². The van der Waals surface area contributed by atoms with Crippen molar-refractivity contribution in [3.05, 3.63) is 35.9 Å². The van der Waals surface area contributed by atoms with E-state index in [1.807, 2.05) is 6.07 Å². The Morgan fingerprint density at radius 3 is 2.17 bits per heavy atom. The van der Waals surface area contributed by atoms with E-state index in [9.17, 15) is 0 Å². The first-order valence-electron chi connectivity index (χ1n) is 4.33. The fraction of sp³-hybridized carbons (Fsp3) is 0.400. The molecule has 1 nitrogen and oxygen atoms in total. The van der Waals surface area contributed by atoms with E-state index in [2.05, 4.69) is 38.1 Å². The Hall–Kier alpha value is -0.603. The maximum atomic E-state index is 5.54. The summed E-state index contributed by atoms with van der Waals surface area (Å²) in [5.74, 6) is 0.560. The highest BCUT2D eigenvalue weighted by atomic mass is 28.2. The van der Waals surface area contributed by atoms with Gasteiger partial charge in [0.2, 0.25) is 0 Å². The van der Waals surface area contributed by atoms with E-state index < -0.39 is 0 Å². The van der Waals surface area contributed by atoms with Crippen LogP contribution in [0.2, 0.25) is 0 Å². The van der Waals surface area contributed by atoms with E-state index in [0.717, 1.165) is 10.5 Å². The highest BCUT2D eigenvalue weighted by molar-refractivity contribution is 5.98. The fourth-order valence-corrected chi connectivity index (χ4v) is 2.25. The standard InChI is InChI=1S/C10H16OSi/c1-8(2)10(11-12)9-6-4-3-5-7-9/h3-8,10H,1-2,12H3. The Morgan fingerprint density at radius 1 is 1.17 bits per heavy atom. The molecule has 0 saturated heterocycles. The molecule has 0 heterocycles. The van der Waals surface area contributed by atoms with Crippen molar-refractivity contribution < 1.29 is 4.43 Å². The van der Waals surface area contributed by atoms with Crippen molar-refractivity contribution in [2.75, 3.05) is 0 Å². The third kappa shape index (κ3) is 2.19. The van der Waals surface area contributed by atoms with Gasteiger partial charge in [-0.1, -0.05) is 44.2 Å². The molecule has 0 N–H and O–H groups in total. The molecule has 1 rings (SSSR count). The minimum atomic E-state index is 0.290. The van der Waals surface area contributed by atoms with E-state index in [1.54, 1.807) is 0 Å². The molecule has 0 aromatic heterocycles. The van der Waals surface area contributed by atoms with Crippen LogP contribution in [-0.2, 0) is 4.43 Å². The number of hydrogen-bond acceptors (Lipinski definition) is 1. The van der Waals surface area contributed by atoms with Crippen molar-refractivity contribution in [1.82, 2.24) is 0 Å². The Labute approximate surface area is 77.3 Å². The van der Waals surface area contributed by atoms with Crippen molar-refractivity contribution >= 4 is 10.5 Å². The van der Waals surface area contributed by atoms with Crippen molar-refractivity contribution in [2.45, 2.75) is 20.0 Å². The molecule has 0 aliphatic carbocycles. The Bertz CT molecular complexity index is 221. The summed E-state index contributed by atoms with van der Waals surface area (Å²) in [6.07, 6.45) is 0.290. The van der Waals surface area contributed by atoms with Gasteiger partial charge in [-0.2, -0.15) is 0 Å². The molecular formula is C10H16OSi. The Morgan fingerprint density at radius 2 is 1.75 bits per heavy atom. The lowest BCUT2D eigenvalue weighted by atomic mass is 9.99.